The number of nitrogen functional groups attached to an aromatic ring is 1. The van der Waals surface area contributed by atoms with E-state index in [4.69, 9.17) is 11.1 Å². The molecule has 1 saturated heterocycles. The lowest BCUT2D eigenvalue weighted by atomic mass is 9.84. The number of piperidine rings is 1. The molecule has 1 aliphatic heterocycles. The Morgan fingerprint density at radius 2 is 1.51 bits per heavy atom. The third kappa shape index (κ3) is 12.0. The number of nitrogens with two attached hydrogens (primary N) is 1. The molecule has 0 spiro atoms. The quantitative estimate of drug-likeness (QED) is 0.137. The van der Waals surface area contributed by atoms with Crippen molar-refractivity contribution in [1.82, 2.24) is 10.6 Å². The Balaban J connectivity index is 1.45. The van der Waals surface area contributed by atoms with E-state index in [2.05, 4.69) is 10.6 Å². The zero-order chi connectivity index (χ0) is 32.1. The first-order chi connectivity index (χ1) is 21.7. The van der Waals surface area contributed by atoms with Crippen LogP contribution in [-0.2, 0) is 31.6 Å². The highest BCUT2D eigenvalue weighted by Crippen LogP contribution is 2.28. The minimum Gasteiger partial charge on any atom is -0.384 e. The van der Waals surface area contributed by atoms with Gasteiger partial charge in [-0.15, -0.1) is 0 Å². The Labute approximate surface area is 269 Å². The highest BCUT2D eigenvalue weighted by Gasteiger charge is 2.31. The Morgan fingerprint density at radius 1 is 0.867 bits per heavy atom. The molecule has 246 valence electrons. The number of amides is 1. The SMILES string of the molecule is N=C(N)c1ccc(CCC(=O)[C@H](CCC2CCCCC2)NC(=O)[C@@H](CCC2CCNCC2)CS(=O)(=O)Cc2ccccc2)cc1. The van der Waals surface area contributed by atoms with E-state index in [9.17, 15) is 18.0 Å². The van der Waals surface area contributed by atoms with Crippen LogP contribution in [0, 0.1) is 23.2 Å². The molecule has 1 amide bonds. The average molecular weight is 637 g/mol. The first-order valence-electron chi connectivity index (χ1n) is 16.9. The molecule has 4 rings (SSSR count). The second kappa shape index (κ2) is 17.6. The minimum absolute atomic E-state index is 0.00334. The summed E-state index contributed by atoms with van der Waals surface area (Å²) in [5, 5.41) is 14.1. The number of rotatable bonds is 17. The first kappa shape index (κ1) is 34.8. The molecular weight excluding hydrogens is 584 g/mol. The van der Waals surface area contributed by atoms with Crippen LogP contribution in [0.1, 0.15) is 93.7 Å². The van der Waals surface area contributed by atoms with Crippen LogP contribution < -0.4 is 16.4 Å². The molecular formula is C36H52N4O4S. The Kier molecular flexibility index (Phi) is 13.6. The van der Waals surface area contributed by atoms with Gasteiger partial charge in [0.1, 0.15) is 5.84 Å². The summed E-state index contributed by atoms with van der Waals surface area (Å²) in [6.07, 6.45) is 11.6. The predicted octanol–water partition coefficient (Wildman–Crippen LogP) is 5.33. The summed E-state index contributed by atoms with van der Waals surface area (Å²) in [5.41, 5.74) is 7.90. The van der Waals surface area contributed by atoms with Crippen molar-refractivity contribution < 1.29 is 18.0 Å². The topological polar surface area (TPSA) is 142 Å². The highest BCUT2D eigenvalue weighted by atomic mass is 32.2. The Hall–Kier alpha value is -3.04. The summed E-state index contributed by atoms with van der Waals surface area (Å²) in [6.45, 7) is 1.89. The fourth-order valence-electron chi connectivity index (χ4n) is 6.87. The molecule has 2 fully saturated rings. The monoisotopic (exact) mass is 636 g/mol. The van der Waals surface area contributed by atoms with E-state index in [-0.39, 0.29) is 35.5 Å². The molecule has 0 unspecified atom stereocenters. The van der Waals surface area contributed by atoms with Crippen molar-refractivity contribution in [1.29, 1.82) is 5.41 Å². The molecule has 1 heterocycles. The van der Waals surface area contributed by atoms with E-state index in [0.717, 1.165) is 57.2 Å². The molecule has 1 saturated carbocycles. The molecule has 2 aromatic carbocycles. The molecule has 8 nitrogen and oxygen atoms in total. The van der Waals surface area contributed by atoms with Crippen LogP contribution in [0.25, 0.3) is 0 Å². The fourth-order valence-corrected chi connectivity index (χ4v) is 8.61. The maximum Gasteiger partial charge on any atom is 0.224 e. The van der Waals surface area contributed by atoms with Gasteiger partial charge in [-0.2, -0.15) is 0 Å². The van der Waals surface area contributed by atoms with Crippen molar-refractivity contribution in [3.05, 3.63) is 71.3 Å². The second-order valence-corrected chi connectivity index (χ2v) is 15.3. The predicted molar refractivity (Wildman–Crippen MR) is 181 cm³/mol. The number of carbonyl (C=O) groups is 2. The maximum absolute atomic E-state index is 13.9. The summed E-state index contributed by atoms with van der Waals surface area (Å²) in [5.74, 6) is -0.306. The van der Waals surface area contributed by atoms with E-state index in [1.807, 2.05) is 30.3 Å². The van der Waals surface area contributed by atoms with Gasteiger partial charge >= 0.3 is 0 Å². The van der Waals surface area contributed by atoms with Crippen LogP contribution in [-0.4, -0.2) is 50.8 Å². The molecule has 9 heteroatoms. The lowest BCUT2D eigenvalue weighted by molar-refractivity contribution is -0.130. The summed E-state index contributed by atoms with van der Waals surface area (Å²) in [6, 6.07) is 15.8. The second-order valence-electron chi connectivity index (χ2n) is 13.2. The van der Waals surface area contributed by atoms with E-state index < -0.39 is 21.8 Å². The third-order valence-electron chi connectivity index (χ3n) is 9.66. The minimum atomic E-state index is -3.56. The molecule has 0 radical (unpaired) electrons. The van der Waals surface area contributed by atoms with Gasteiger partial charge in [0, 0.05) is 12.0 Å². The number of ketones is 1. The van der Waals surface area contributed by atoms with Crippen molar-refractivity contribution >= 4 is 27.4 Å². The van der Waals surface area contributed by atoms with Gasteiger partial charge in [-0.05, 0) is 81.0 Å². The number of carbonyl (C=O) groups excluding carboxylic acids is 2. The summed E-state index contributed by atoms with van der Waals surface area (Å²) in [4.78, 5) is 27.6. The number of Topliss-reactive ketones (excluding diaryl/α,β-unsaturated/α-hetero) is 1. The largest absolute Gasteiger partial charge is 0.384 e. The van der Waals surface area contributed by atoms with E-state index in [1.54, 1.807) is 24.3 Å². The van der Waals surface area contributed by atoms with Crippen LogP contribution >= 0.6 is 0 Å². The van der Waals surface area contributed by atoms with Gasteiger partial charge in [-0.3, -0.25) is 15.0 Å². The number of amidine groups is 1. The van der Waals surface area contributed by atoms with Crippen molar-refractivity contribution in [3.8, 4) is 0 Å². The van der Waals surface area contributed by atoms with Crippen LogP contribution in [0.2, 0.25) is 0 Å². The lowest BCUT2D eigenvalue weighted by Crippen LogP contribution is -2.45. The van der Waals surface area contributed by atoms with Crippen LogP contribution in [0.15, 0.2) is 54.6 Å². The van der Waals surface area contributed by atoms with Gasteiger partial charge in [0.05, 0.1) is 23.5 Å². The number of hydrogen-bond acceptors (Lipinski definition) is 6. The fraction of sp³-hybridized carbons (Fsp3) is 0.583. The normalized spacial score (nSPS) is 17.8. The van der Waals surface area contributed by atoms with E-state index in [1.165, 1.54) is 19.3 Å². The molecule has 2 aromatic rings. The van der Waals surface area contributed by atoms with Gasteiger partial charge in [-0.25, -0.2) is 8.42 Å². The molecule has 0 aromatic heterocycles. The number of benzene rings is 2. The summed E-state index contributed by atoms with van der Waals surface area (Å²) >= 11 is 0. The number of hydrogen-bond donors (Lipinski definition) is 4. The zero-order valence-corrected chi connectivity index (χ0v) is 27.5. The zero-order valence-electron chi connectivity index (χ0n) is 26.6. The average Bonchev–Trinajstić information content (AvgIpc) is 3.05. The van der Waals surface area contributed by atoms with Crippen molar-refractivity contribution in [2.45, 2.75) is 95.3 Å². The smallest absolute Gasteiger partial charge is 0.224 e. The third-order valence-corrected chi connectivity index (χ3v) is 11.3. The van der Waals surface area contributed by atoms with Crippen molar-refractivity contribution in [2.24, 2.45) is 23.5 Å². The standard InChI is InChI=1S/C36H52N4O4S/c37-35(38)31-16-11-28(12-17-31)15-20-34(41)33(19-14-27-7-3-1-4-8-27)40-36(42)32(18-13-29-21-23-39-24-22-29)26-45(43,44)25-30-9-5-2-6-10-30/h2,5-6,9-12,16-17,27,29,32-33,39H,1,3-4,7-8,13-15,18-26H2,(H3,37,38)(H,40,42)/t32-,33-/m0/s1. The van der Waals surface area contributed by atoms with Gasteiger partial charge in [0.15, 0.2) is 15.6 Å². The van der Waals surface area contributed by atoms with Crippen LogP contribution in [0.5, 0.6) is 0 Å². The number of nitrogens with one attached hydrogen (secondary N) is 3. The van der Waals surface area contributed by atoms with Crippen molar-refractivity contribution in [3.63, 3.8) is 0 Å². The molecule has 5 N–H and O–H groups in total. The van der Waals surface area contributed by atoms with Gasteiger partial charge in [0.2, 0.25) is 5.91 Å². The Morgan fingerprint density at radius 3 is 2.18 bits per heavy atom. The number of sulfone groups is 1. The van der Waals surface area contributed by atoms with Gasteiger partial charge < -0.3 is 16.4 Å². The van der Waals surface area contributed by atoms with Gasteiger partial charge in [0.25, 0.3) is 0 Å². The first-order valence-corrected chi connectivity index (χ1v) is 18.7. The molecule has 2 atom stereocenters. The highest BCUT2D eigenvalue weighted by molar-refractivity contribution is 7.90. The summed E-state index contributed by atoms with van der Waals surface area (Å²) in [7, 11) is -3.56. The summed E-state index contributed by atoms with van der Waals surface area (Å²) < 4.78 is 26.7. The maximum atomic E-state index is 13.9. The van der Waals surface area contributed by atoms with Crippen LogP contribution in [0.3, 0.4) is 0 Å². The molecule has 1 aliphatic carbocycles. The molecule has 45 heavy (non-hydrogen) atoms. The Bertz CT molecular complexity index is 1330. The van der Waals surface area contributed by atoms with Gasteiger partial charge in [-0.1, -0.05) is 86.7 Å². The van der Waals surface area contributed by atoms with E-state index >= 15 is 0 Å². The molecule has 0 bridgehead atoms. The van der Waals surface area contributed by atoms with E-state index in [0.29, 0.717) is 42.2 Å². The number of aryl methyl sites for hydroxylation is 1. The molecule has 2 aliphatic rings. The van der Waals surface area contributed by atoms with Crippen molar-refractivity contribution in [2.75, 3.05) is 18.8 Å². The lowest BCUT2D eigenvalue weighted by Gasteiger charge is -2.27. The van der Waals surface area contributed by atoms with Crippen LogP contribution in [0.4, 0.5) is 0 Å².